The summed E-state index contributed by atoms with van der Waals surface area (Å²) >= 11 is 0. The van der Waals surface area contributed by atoms with Gasteiger partial charge in [0.05, 0.1) is 12.7 Å². The standard InChI is InChI=1S/C9H12F3NO/c1-13-5-3-4-7(9(10,11)12)6-8(13)14-2/h4,6H,3,5H2,1-2H3. The number of hydrogen-bond acceptors (Lipinski definition) is 2. The van der Waals surface area contributed by atoms with Crippen LogP contribution in [0.1, 0.15) is 6.42 Å². The molecule has 0 aromatic heterocycles. The van der Waals surface area contributed by atoms with Crippen LogP contribution >= 0.6 is 0 Å². The molecule has 1 aliphatic rings. The van der Waals surface area contributed by atoms with Crippen LogP contribution in [0.15, 0.2) is 23.6 Å². The maximum absolute atomic E-state index is 12.4. The van der Waals surface area contributed by atoms with Crippen LogP contribution in [-0.4, -0.2) is 31.8 Å². The Morgan fingerprint density at radius 2 is 2.07 bits per heavy atom. The largest absolute Gasteiger partial charge is 0.482 e. The Morgan fingerprint density at radius 1 is 1.43 bits per heavy atom. The van der Waals surface area contributed by atoms with Crippen LogP contribution < -0.4 is 0 Å². The zero-order chi connectivity index (χ0) is 10.8. The number of nitrogens with zero attached hydrogens (tertiary/aromatic N) is 1. The Kier molecular flexibility index (Phi) is 3.08. The van der Waals surface area contributed by atoms with Crippen LogP contribution in [-0.2, 0) is 4.74 Å². The number of allylic oxidation sites excluding steroid dienone is 2. The highest BCUT2D eigenvalue weighted by Gasteiger charge is 2.33. The van der Waals surface area contributed by atoms with Gasteiger partial charge in [0.25, 0.3) is 0 Å². The molecule has 1 aliphatic heterocycles. The van der Waals surface area contributed by atoms with Gasteiger partial charge < -0.3 is 9.64 Å². The van der Waals surface area contributed by atoms with Gasteiger partial charge in [-0.15, -0.1) is 0 Å². The number of hydrogen-bond donors (Lipinski definition) is 0. The molecule has 0 amide bonds. The van der Waals surface area contributed by atoms with E-state index in [-0.39, 0.29) is 5.88 Å². The first-order valence-electron chi connectivity index (χ1n) is 4.19. The average molecular weight is 207 g/mol. The highest BCUT2D eigenvalue weighted by atomic mass is 19.4. The molecule has 1 heterocycles. The molecule has 0 spiro atoms. The number of methoxy groups -OCH3 is 1. The third-order valence-corrected chi connectivity index (χ3v) is 2.02. The molecule has 0 aromatic carbocycles. The van der Waals surface area contributed by atoms with E-state index >= 15 is 0 Å². The van der Waals surface area contributed by atoms with Crippen molar-refractivity contribution in [2.75, 3.05) is 20.7 Å². The van der Waals surface area contributed by atoms with Crippen LogP contribution in [0.2, 0.25) is 0 Å². The molecule has 0 atom stereocenters. The lowest BCUT2D eigenvalue weighted by molar-refractivity contribution is -0.0886. The molecule has 0 aliphatic carbocycles. The minimum Gasteiger partial charge on any atom is -0.482 e. The van der Waals surface area contributed by atoms with Crippen LogP contribution in [0.5, 0.6) is 0 Å². The average Bonchev–Trinajstić information content (AvgIpc) is 2.25. The maximum atomic E-state index is 12.4. The van der Waals surface area contributed by atoms with Gasteiger partial charge in [0.2, 0.25) is 0 Å². The summed E-state index contributed by atoms with van der Waals surface area (Å²) in [7, 11) is 3.06. The Bertz CT molecular complexity index is 268. The van der Waals surface area contributed by atoms with E-state index in [1.54, 1.807) is 11.9 Å². The van der Waals surface area contributed by atoms with E-state index in [0.717, 1.165) is 6.08 Å². The molecule has 0 fully saturated rings. The van der Waals surface area contributed by atoms with Gasteiger partial charge in [-0.2, -0.15) is 13.2 Å². The van der Waals surface area contributed by atoms with E-state index in [1.807, 2.05) is 0 Å². The van der Waals surface area contributed by atoms with Crippen LogP contribution in [0.4, 0.5) is 13.2 Å². The van der Waals surface area contributed by atoms with Gasteiger partial charge in [-0.25, -0.2) is 0 Å². The fourth-order valence-electron chi connectivity index (χ4n) is 1.24. The first-order chi connectivity index (χ1) is 6.45. The molecule has 2 nitrogen and oxygen atoms in total. The van der Waals surface area contributed by atoms with Crippen LogP contribution in [0, 0.1) is 0 Å². The smallest absolute Gasteiger partial charge is 0.416 e. The van der Waals surface area contributed by atoms with Crippen molar-refractivity contribution in [3.63, 3.8) is 0 Å². The van der Waals surface area contributed by atoms with Crippen molar-refractivity contribution in [1.82, 2.24) is 4.90 Å². The number of halogens is 3. The molecule has 14 heavy (non-hydrogen) atoms. The minimum atomic E-state index is -4.30. The molecule has 0 saturated heterocycles. The van der Waals surface area contributed by atoms with Crippen molar-refractivity contribution in [3.8, 4) is 0 Å². The van der Waals surface area contributed by atoms with E-state index in [9.17, 15) is 13.2 Å². The van der Waals surface area contributed by atoms with Crippen molar-refractivity contribution in [2.45, 2.75) is 12.6 Å². The predicted octanol–water partition coefficient (Wildman–Crippen LogP) is 2.30. The number of ether oxygens (including phenoxy) is 1. The molecule has 0 N–H and O–H groups in total. The second-order valence-electron chi connectivity index (χ2n) is 3.05. The Labute approximate surface area is 80.6 Å². The van der Waals surface area contributed by atoms with Crippen molar-refractivity contribution in [3.05, 3.63) is 23.6 Å². The van der Waals surface area contributed by atoms with E-state index in [2.05, 4.69) is 0 Å². The van der Waals surface area contributed by atoms with Crippen LogP contribution in [0.3, 0.4) is 0 Å². The van der Waals surface area contributed by atoms with Crippen molar-refractivity contribution >= 4 is 0 Å². The quantitative estimate of drug-likeness (QED) is 0.654. The fraction of sp³-hybridized carbons (Fsp3) is 0.556. The van der Waals surface area contributed by atoms with Gasteiger partial charge in [0.1, 0.15) is 0 Å². The van der Waals surface area contributed by atoms with E-state index in [0.29, 0.717) is 13.0 Å². The molecule has 0 aromatic rings. The van der Waals surface area contributed by atoms with Gasteiger partial charge in [-0.3, -0.25) is 0 Å². The summed E-state index contributed by atoms with van der Waals surface area (Å²) in [5.41, 5.74) is -0.640. The molecule has 0 unspecified atom stereocenters. The lowest BCUT2D eigenvalue weighted by atomic mass is 10.2. The summed E-state index contributed by atoms with van der Waals surface area (Å²) in [4.78, 5) is 1.65. The highest BCUT2D eigenvalue weighted by Crippen LogP contribution is 2.29. The maximum Gasteiger partial charge on any atom is 0.416 e. The Morgan fingerprint density at radius 3 is 2.57 bits per heavy atom. The minimum absolute atomic E-state index is 0.242. The molecule has 5 heteroatoms. The van der Waals surface area contributed by atoms with Gasteiger partial charge >= 0.3 is 6.18 Å². The highest BCUT2D eigenvalue weighted by molar-refractivity contribution is 5.27. The molecule has 80 valence electrons. The van der Waals surface area contributed by atoms with Gasteiger partial charge in [0, 0.05) is 19.7 Å². The Hall–Kier alpha value is -1.13. The normalized spacial score (nSPS) is 18.5. The molecular weight excluding hydrogens is 195 g/mol. The summed E-state index contributed by atoms with van der Waals surface area (Å²) < 4.78 is 42.0. The van der Waals surface area contributed by atoms with Gasteiger partial charge in [-0.1, -0.05) is 6.08 Å². The fourth-order valence-corrected chi connectivity index (χ4v) is 1.24. The zero-order valence-electron chi connectivity index (χ0n) is 8.06. The summed E-state index contributed by atoms with van der Waals surface area (Å²) in [6, 6.07) is 0. The second-order valence-corrected chi connectivity index (χ2v) is 3.05. The first kappa shape index (κ1) is 10.9. The van der Waals surface area contributed by atoms with Crippen molar-refractivity contribution < 1.29 is 17.9 Å². The van der Waals surface area contributed by atoms with Crippen LogP contribution in [0.25, 0.3) is 0 Å². The first-order valence-corrected chi connectivity index (χ1v) is 4.19. The summed E-state index contributed by atoms with van der Waals surface area (Å²) in [5.74, 6) is 0.242. The molecule has 0 radical (unpaired) electrons. The third kappa shape index (κ3) is 2.43. The van der Waals surface area contributed by atoms with Crippen molar-refractivity contribution in [1.29, 1.82) is 0 Å². The summed E-state index contributed by atoms with van der Waals surface area (Å²) in [5, 5.41) is 0. The number of alkyl halides is 3. The van der Waals surface area contributed by atoms with Gasteiger partial charge in [-0.05, 0) is 6.42 Å². The topological polar surface area (TPSA) is 12.5 Å². The molecule has 0 saturated carbocycles. The second kappa shape index (κ2) is 3.94. The van der Waals surface area contributed by atoms with E-state index in [1.165, 1.54) is 13.2 Å². The summed E-state index contributed by atoms with van der Waals surface area (Å²) in [6.45, 7) is 0.527. The SMILES string of the molecule is COC1=CC(C(F)(F)F)=CCCN1C. The predicted molar refractivity (Wildman–Crippen MR) is 46.5 cm³/mol. The monoisotopic (exact) mass is 207 g/mol. The number of rotatable bonds is 1. The molecule has 1 rings (SSSR count). The van der Waals surface area contributed by atoms with E-state index < -0.39 is 11.7 Å². The van der Waals surface area contributed by atoms with Gasteiger partial charge in [0.15, 0.2) is 5.88 Å². The summed E-state index contributed by atoms with van der Waals surface area (Å²) in [6.07, 6.45) is -1.72. The zero-order valence-corrected chi connectivity index (χ0v) is 8.06. The molecule has 0 bridgehead atoms. The lowest BCUT2D eigenvalue weighted by Gasteiger charge is -2.18. The van der Waals surface area contributed by atoms with E-state index in [4.69, 9.17) is 4.74 Å². The third-order valence-electron chi connectivity index (χ3n) is 2.02. The molecular formula is C9H12F3NO. The van der Waals surface area contributed by atoms with Crippen molar-refractivity contribution in [2.24, 2.45) is 0 Å². The lowest BCUT2D eigenvalue weighted by Crippen LogP contribution is -2.19. The Balaban J connectivity index is 2.95.